The first-order chi connectivity index (χ1) is 10.0. The third-order valence-electron chi connectivity index (χ3n) is 3.79. The number of piperazine rings is 1. The smallest absolute Gasteiger partial charge is 0.257 e. The highest BCUT2D eigenvalue weighted by Gasteiger charge is 2.24. The summed E-state index contributed by atoms with van der Waals surface area (Å²) in [6, 6.07) is 2.96. The van der Waals surface area contributed by atoms with Crippen LogP contribution < -0.4 is 5.73 Å². The van der Waals surface area contributed by atoms with Gasteiger partial charge in [0.25, 0.3) is 5.91 Å². The van der Waals surface area contributed by atoms with Crippen LogP contribution in [0.15, 0.2) is 18.2 Å². The van der Waals surface area contributed by atoms with E-state index in [1.165, 1.54) is 0 Å². The van der Waals surface area contributed by atoms with Crippen LogP contribution in [-0.2, 0) is 0 Å². The number of amides is 1. The van der Waals surface area contributed by atoms with E-state index in [1.807, 2.05) is 0 Å². The SMILES string of the molecule is CC(CN)CN1CCN(C(=O)c2cc(F)ccc2F)CC1. The van der Waals surface area contributed by atoms with Gasteiger partial charge in [-0.15, -0.1) is 0 Å². The minimum Gasteiger partial charge on any atom is -0.336 e. The molecule has 1 saturated heterocycles. The molecule has 0 saturated carbocycles. The van der Waals surface area contributed by atoms with Gasteiger partial charge in [-0.2, -0.15) is 0 Å². The number of hydrogen-bond acceptors (Lipinski definition) is 3. The molecule has 1 unspecified atom stereocenters. The number of nitrogens with two attached hydrogens (primary N) is 1. The Morgan fingerprint density at radius 3 is 2.57 bits per heavy atom. The molecular weight excluding hydrogens is 276 g/mol. The topological polar surface area (TPSA) is 49.6 Å². The van der Waals surface area contributed by atoms with Crippen molar-refractivity contribution in [3.05, 3.63) is 35.4 Å². The van der Waals surface area contributed by atoms with Crippen molar-refractivity contribution in [2.75, 3.05) is 39.3 Å². The van der Waals surface area contributed by atoms with Gasteiger partial charge in [0.05, 0.1) is 5.56 Å². The van der Waals surface area contributed by atoms with Crippen molar-refractivity contribution in [2.24, 2.45) is 11.7 Å². The molecule has 21 heavy (non-hydrogen) atoms. The van der Waals surface area contributed by atoms with Gasteiger partial charge in [0.1, 0.15) is 11.6 Å². The maximum atomic E-state index is 13.6. The van der Waals surface area contributed by atoms with Crippen molar-refractivity contribution in [3.8, 4) is 0 Å². The van der Waals surface area contributed by atoms with E-state index in [9.17, 15) is 13.6 Å². The molecule has 116 valence electrons. The zero-order valence-electron chi connectivity index (χ0n) is 12.2. The highest BCUT2D eigenvalue weighted by Crippen LogP contribution is 2.14. The van der Waals surface area contributed by atoms with Gasteiger partial charge in [-0.05, 0) is 30.7 Å². The lowest BCUT2D eigenvalue weighted by Crippen LogP contribution is -2.50. The molecule has 2 rings (SSSR count). The average molecular weight is 297 g/mol. The fraction of sp³-hybridized carbons (Fsp3) is 0.533. The van der Waals surface area contributed by atoms with E-state index in [0.717, 1.165) is 37.8 Å². The minimum atomic E-state index is -0.680. The number of carbonyl (C=O) groups excluding carboxylic acids is 1. The third-order valence-corrected chi connectivity index (χ3v) is 3.79. The van der Waals surface area contributed by atoms with E-state index >= 15 is 0 Å². The van der Waals surface area contributed by atoms with Gasteiger partial charge < -0.3 is 10.6 Å². The van der Waals surface area contributed by atoms with Crippen LogP contribution >= 0.6 is 0 Å². The Balaban J connectivity index is 1.95. The molecule has 1 aromatic rings. The second kappa shape index (κ2) is 6.95. The summed E-state index contributed by atoms with van der Waals surface area (Å²) in [5, 5.41) is 0. The number of hydrogen-bond donors (Lipinski definition) is 1. The molecule has 6 heteroatoms. The first kappa shape index (κ1) is 15.9. The molecule has 2 N–H and O–H groups in total. The van der Waals surface area contributed by atoms with Crippen LogP contribution in [-0.4, -0.2) is 55.0 Å². The van der Waals surface area contributed by atoms with E-state index in [2.05, 4.69) is 11.8 Å². The van der Waals surface area contributed by atoms with Gasteiger partial charge in [0, 0.05) is 32.7 Å². The molecule has 1 aliphatic rings. The molecule has 4 nitrogen and oxygen atoms in total. The second-order valence-electron chi connectivity index (χ2n) is 5.56. The summed E-state index contributed by atoms with van der Waals surface area (Å²) in [6.45, 7) is 6.11. The molecular formula is C15H21F2N3O. The Kier molecular flexibility index (Phi) is 5.25. The summed E-state index contributed by atoms with van der Waals surface area (Å²) in [4.78, 5) is 16.0. The van der Waals surface area contributed by atoms with Crippen LogP contribution in [0.3, 0.4) is 0 Å². The van der Waals surface area contributed by atoms with E-state index in [1.54, 1.807) is 4.90 Å². The first-order valence-electron chi connectivity index (χ1n) is 7.18. The van der Waals surface area contributed by atoms with E-state index in [0.29, 0.717) is 25.6 Å². The van der Waals surface area contributed by atoms with Crippen LogP contribution in [0.4, 0.5) is 8.78 Å². The summed E-state index contributed by atoms with van der Waals surface area (Å²) in [5.74, 6) is -1.32. The Morgan fingerprint density at radius 1 is 1.29 bits per heavy atom. The molecule has 1 fully saturated rings. The fourth-order valence-electron chi connectivity index (χ4n) is 2.48. The molecule has 0 aliphatic carbocycles. The quantitative estimate of drug-likeness (QED) is 0.912. The lowest BCUT2D eigenvalue weighted by molar-refractivity contribution is 0.0617. The maximum Gasteiger partial charge on any atom is 0.257 e. The summed E-state index contributed by atoms with van der Waals surface area (Å²) in [7, 11) is 0. The van der Waals surface area contributed by atoms with Crippen LogP contribution in [0.1, 0.15) is 17.3 Å². The number of halogens is 2. The van der Waals surface area contributed by atoms with Gasteiger partial charge in [0.2, 0.25) is 0 Å². The largest absolute Gasteiger partial charge is 0.336 e. The van der Waals surface area contributed by atoms with Crippen LogP contribution in [0.25, 0.3) is 0 Å². The van der Waals surface area contributed by atoms with Crippen LogP contribution in [0.5, 0.6) is 0 Å². The van der Waals surface area contributed by atoms with Crippen molar-refractivity contribution in [2.45, 2.75) is 6.92 Å². The zero-order chi connectivity index (χ0) is 15.4. The lowest BCUT2D eigenvalue weighted by Gasteiger charge is -2.35. The van der Waals surface area contributed by atoms with Gasteiger partial charge >= 0.3 is 0 Å². The standard InChI is InChI=1S/C15H21F2N3O/c1-11(9-18)10-19-4-6-20(7-5-19)15(21)13-8-12(16)2-3-14(13)17/h2-3,8,11H,4-7,9-10,18H2,1H3. The summed E-state index contributed by atoms with van der Waals surface area (Å²) >= 11 is 0. The van der Waals surface area contributed by atoms with E-state index in [-0.39, 0.29) is 5.56 Å². The number of rotatable bonds is 4. The average Bonchev–Trinajstić information content (AvgIpc) is 2.49. The van der Waals surface area contributed by atoms with E-state index < -0.39 is 17.5 Å². The molecule has 1 heterocycles. The highest BCUT2D eigenvalue weighted by atomic mass is 19.1. The molecule has 1 amide bonds. The fourth-order valence-corrected chi connectivity index (χ4v) is 2.48. The van der Waals surface area contributed by atoms with Gasteiger partial charge in [-0.3, -0.25) is 9.69 Å². The Labute approximate surface area is 123 Å². The molecule has 0 bridgehead atoms. The minimum absolute atomic E-state index is 0.196. The van der Waals surface area contributed by atoms with Crippen LogP contribution in [0.2, 0.25) is 0 Å². The predicted octanol–water partition coefficient (Wildman–Crippen LogP) is 1.32. The predicted molar refractivity (Wildman–Crippen MR) is 76.9 cm³/mol. The molecule has 0 radical (unpaired) electrons. The first-order valence-corrected chi connectivity index (χ1v) is 7.18. The number of nitrogens with zero attached hydrogens (tertiary/aromatic N) is 2. The van der Waals surface area contributed by atoms with Crippen molar-refractivity contribution in [1.29, 1.82) is 0 Å². The second-order valence-corrected chi connectivity index (χ2v) is 5.56. The highest BCUT2D eigenvalue weighted by molar-refractivity contribution is 5.94. The normalized spacial score (nSPS) is 17.8. The molecule has 0 spiro atoms. The molecule has 0 aromatic heterocycles. The lowest BCUT2D eigenvalue weighted by atomic mass is 10.1. The number of carbonyl (C=O) groups is 1. The van der Waals surface area contributed by atoms with Gasteiger partial charge in [-0.1, -0.05) is 6.92 Å². The van der Waals surface area contributed by atoms with Gasteiger partial charge in [-0.25, -0.2) is 8.78 Å². The Morgan fingerprint density at radius 2 is 1.95 bits per heavy atom. The molecule has 1 aliphatic heterocycles. The van der Waals surface area contributed by atoms with Crippen LogP contribution in [0, 0.1) is 17.6 Å². The van der Waals surface area contributed by atoms with Crippen molar-refractivity contribution < 1.29 is 13.6 Å². The Bertz CT molecular complexity index is 502. The van der Waals surface area contributed by atoms with Crippen molar-refractivity contribution >= 4 is 5.91 Å². The summed E-state index contributed by atoms with van der Waals surface area (Å²) in [5.41, 5.74) is 5.41. The third kappa shape index (κ3) is 3.98. The van der Waals surface area contributed by atoms with Crippen molar-refractivity contribution in [1.82, 2.24) is 9.80 Å². The van der Waals surface area contributed by atoms with Gasteiger partial charge in [0.15, 0.2) is 0 Å². The monoisotopic (exact) mass is 297 g/mol. The maximum absolute atomic E-state index is 13.6. The number of benzene rings is 1. The Hall–Kier alpha value is -1.53. The summed E-state index contributed by atoms with van der Waals surface area (Å²) < 4.78 is 26.8. The molecule has 1 aromatic carbocycles. The zero-order valence-corrected chi connectivity index (χ0v) is 12.2. The molecule has 1 atom stereocenters. The van der Waals surface area contributed by atoms with E-state index in [4.69, 9.17) is 5.73 Å². The van der Waals surface area contributed by atoms with Crippen molar-refractivity contribution in [3.63, 3.8) is 0 Å². The summed E-state index contributed by atoms with van der Waals surface area (Å²) in [6.07, 6.45) is 0.